The van der Waals surface area contributed by atoms with Crippen molar-refractivity contribution in [3.05, 3.63) is 6.07 Å². The maximum Gasteiger partial charge on any atom is 0.242 e. The van der Waals surface area contributed by atoms with E-state index in [-0.39, 0.29) is 11.9 Å². The Hall–Kier alpha value is -2.05. The number of hydrogen-bond acceptors (Lipinski definition) is 6. The maximum absolute atomic E-state index is 11.6. The van der Waals surface area contributed by atoms with E-state index in [4.69, 9.17) is 9.47 Å². The number of methoxy groups -OCH3 is 2. The van der Waals surface area contributed by atoms with Crippen LogP contribution in [0.1, 0.15) is 13.8 Å². The first kappa shape index (κ1) is 14.0. The van der Waals surface area contributed by atoms with Crippen LogP contribution in [0.4, 0.5) is 5.95 Å². The van der Waals surface area contributed by atoms with Crippen LogP contribution in [0, 0.1) is 0 Å². The number of carbonyl (C=O) groups is 1. The third kappa shape index (κ3) is 3.76. The fraction of sp³-hybridized carbons (Fsp3) is 0.545. The van der Waals surface area contributed by atoms with Crippen molar-refractivity contribution in [2.45, 2.75) is 19.9 Å². The van der Waals surface area contributed by atoms with E-state index in [9.17, 15) is 4.79 Å². The summed E-state index contributed by atoms with van der Waals surface area (Å²) in [7, 11) is 3.00. The summed E-state index contributed by atoms with van der Waals surface area (Å²) in [6.07, 6.45) is 0. The fourth-order valence-corrected chi connectivity index (χ4v) is 1.26. The fourth-order valence-electron chi connectivity index (χ4n) is 1.26. The molecule has 100 valence electrons. The van der Waals surface area contributed by atoms with Gasteiger partial charge in [0.25, 0.3) is 0 Å². The third-order valence-corrected chi connectivity index (χ3v) is 2.19. The molecule has 0 spiro atoms. The van der Waals surface area contributed by atoms with Crippen molar-refractivity contribution in [1.29, 1.82) is 0 Å². The second-order valence-electron chi connectivity index (χ2n) is 3.54. The number of likely N-dealkylation sites (N-methyl/N-ethyl adjacent to an activating group) is 1. The highest BCUT2D eigenvalue weighted by Crippen LogP contribution is 2.17. The molecule has 1 aromatic rings. The summed E-state index contributed by atoms with van der Waals surface area (Å²) in [6.45, 7) is 4.16. The van der Waals surface area contributed by atoms with Crippen molar-refractivity contribution in [2.24, 2.45) is 0 Å². The zero-order valence-electron chi connectivity index (χ0n) is 11.0. The molecule has 1 rings (SSSR count). The summed E-state index contributed by atoms with van der Waals surface area (Å²) in [4.78, 5) is 19.7. The number of nitrogens with one attached hydrogen (secondary N) is 2. The van der Waals surface area contributed by atoms with Crippen LogP contribution >= 0.6 is 0 Å². The quantitative estimate of drug-likeness (QED) is 0.765. The van der Waals surface area contributed by atoms with Crippen LogP contribution in [-0.2, 0) is 4.79 Å². The molecular formula is C11H18N4O3. The van der Waals surface area contributed by atoms with Crippen molar-refractivity contribution >= 4 is 11.9 Å². The molecule has 0 saturated carbocycles. The molecule has 0 aliphatic heterocycles. The Labute approximate surface area is 106 Å². The average molecular weight is 254 g/mol. The molecule has 0 bridgehead atoms. The van der Waals surface area contributed by atoms with E-state index in [1.54, 1.807) is 13.0 Å². The van der Waals surface area contributed by atoms with E-state index in [1.807, 2.05) is 6.92 Å². The minimum absolute atomic E-state index is 0.122. The van der Waals surface area contributed by atoms with Gasteiger partial charge in [0, 0.05) is 6.54 Å². The number of carbonyl (C=O) groups excluding carboxylic acids is 1. The summed E-state index contributed by atoms with van der Waals surface area (Å²) in [6, 6.07) is 1.11. The molecule has 1 unspecified atom stereocenters. The lowest BCUT2D eigenvalue weighted by Crippen LogP contribution is -2.37. The molecule has 0 aliphatic rings. The summed E-state index contributed by atoms with van der Waals surface area (Å²) in [5.74, 6) is 0.896. The van der Waals surface area contributed by atoms with Gasteiger partial charge in [0.15, 0.2) is 0 Å². The van der Waals surface area contributed by atoms with Crippen LogP contribution in [-0.4, -0.2) is 42.7 Å². The highest BCUT2D eigenvalue weighted by atomic mass is 16.5. The number of aromatic nitrogens is 2. The van der Waals surface area contributed by atoms with Gasteiger partial charge in [0.1, 0.15) is 6.04 Å². The number of ether oxygens (including phenoxy) is 2. The van der Waals surface area contributed by atoms with Crippen LogP contribution in [0.5, 0.6) is 11.8 Å². The van der Waals surface area contributed by atoms with Gasteiger partial charge in [-0.05, 0) is 13.8 Å². The van der Waals surface area contributed by atoms with Crippen LogP contribution in [0.2, 0.25) is 0 Å². The molecule has 1 amide bonds. The highest BCUT2D eigenvalue weighted by molar-refractivity contribution is 5.83. The van der Waals surface area contributed by atoms with Crippen LogP contribution < -0.4 is 20.1 Å². The van der Waals surface area contributed by atoms with E-state index in [2.05, 4.69) is 20.6 Å². The molecule has 0 aliphatic carbocycles. The molecule has 7 nitrogen and oxygen atoms in total. The number of nitrogens with zero attached hydrogens (tertiary/aromatic N) is 2. The predicted molar refractivity (Wildman–Crippen MR) is 66.9 cm³/mol. The van der Waals surface area contributed by atoms with Crippen molar-refractivity contribution in [3.8, 4) is 11.8 Å². The van der Waals surface area contributed by atoms with Crippen molar-refractivity contribution in [3.63, 3.8) is 0 Å². The summed E-state index contributed by atoms with van der Waals surface area (Å²) in [5.41, 5.74) is 0. The van der Waals surface area contributed by atoms with Crippen LogP contribution in [0.15, 0.2) is 6.07 Å². The third-order valence-electron chi connectivity index (χ3n) is 2.19. The first-order valence-corrected chi connectivity index (χ1v) is 5.62. The number of anilines is 1. The molecule has 7 heteroatoms. The van der Waals surface area contributed by atoms with E-state index in [0.29, 0.717) is 18.3 Å². The second kappa shape index (κ2) is 6.63. The van der Waals surface area contributed by atoms with E-state index in [0.717, 1.165) is 0 Å². The Morgan fingerprint density at radius 3 is 2.33 bits per heavy atom. The largest absolute Gasteiger partial charge is 0.481 e. The average Bonchev–Trinajstić information content (AvgIpc) is 2.38. The van der Waals surface area contributed by atoms with E-state index >= 15 is 0 Å². The Morgan fingerprint density at radius 1 is 1.33 bits per heavy atom. The van der Waals surface area contributed by atoms with Crippen molar-refractivity contribution in [1.82, 2.24) is 15.3 Å². The Balaban J connectivity index is 2.79. The Bertz CT molecular complexity index is 389. The summed E-state index contributed by atoms with van der Waals surface area (Å²) < 4.78 is 10.0. The Kier molecular flexibility index (Phi) is 5.16. The first-order valence-electron chi connectivity index (χ1n) is 5.62. The van der Waals surface area contributed by atoms with Crippen molar-refractivity contribution in [2.75, 3.05) is 26.1 Å². The van der Waals surface area contributed by atoms with Gasteiger partial charge < -0.3 is 20.1 Å². The van der Waals surface area contributed by atoms with Gasteiger partial charge in [-0.15, -0.1) is 0 Å². The number of hydrogen-bond donors (Lipinski definition) is 2. The molecule has 0 radical (unpaired) electrons. The van der Waals surface area contributed by atoms with Crippen LogP contribution in [0.25, 0.3) is 0 Å². The molecule has 1 aromatic heterocycles. The molecule has 0 saturated heterocycles. The van der Waals surface area contributed by atoms with E-state index < -0.39 is 6.04 Å². The molecular weight excluding hydrogens is 236 g/mol. The van der Waals surface area contributed by atoms with Gasteiger partial charge in [-0.1, -0.05) is 0 Å². The minimum Gasteiger partial charge on any atom is -0.481 e. The summed E-state index contributed by atoms with van der Waals surface area (Å²) in [5, 5.41) is 5.58. The van der Waals surface area contributed by atoms with Crippen molar-refractivity contribution < 1.29 is 14.3 Å². The zero-order valence-corrected chi connectivity index (χ0v) is 11.0. The minimum atomic E-state index is -0.443. The molecule has 18 heavy (non-hydrogen) atoms. The SMILES string of the molecule is CCNC(=O)C(C)Nc1nc(OC)cc(OC)n1. The first-order chi connectivity index (χ1) is 8.60. The molecule has 2 N–H and O–H groups in total. The summed E-state index contributed by atoms with van der Waals surface area (Å²) >= 11 is 0. The topological polar surface area (TPSA) is 85.4 Å². The molecule has 0 aromatic carbocycles. The van der Waals surface area contributed by atoms with Gasteiger partial charge in [-0.2, -0.15) is 9.97 Å². The number of rotatable bonds is 6. The van der Waals surface area contributed by atoms with Gasteiger partial charge >= 0.3 is 0 Å². The normalized spacial score (nSPS) is 11.6. The second-order valence-corrected chi connectivity index (χ2v) is 3.54. The smallest absolute Gasteiger partial charge is 0.242 e. The predicted octanol–water partition coefficient (Wildman–Crippen LogP) is 0.430. The molecule has 1 atom stereocenters. The molecule has 0 fully saturated rings. The zero-order chi connectivity index (χ0) is 13.5. The lowest BCUT2D eigenvalue weighted by molar-refractivity contribution is -0.121. The van der Waals surface area contributed by atoms with Gasteiger partial charge in [0.2, 0.25) is 23.6 Å². The monoisotopic (exact) mass is 254 g/mol. The van der Waals surface area contributed by atoms with Gasteiger partial charge in [0.05, 0.1) is 20.3 Å². The molecule has 1 heterocycles. The van der Waals surface area contributed by atoms with Gasteiger partial charge in [-0.25, -0.2) is 0 Å². The Morgan fingerprint density at radius 2 is 1.89 bits per heavy atom. The lowest BCUT2D eigenvalue weighted by Gasteiger charge is -2.14. The standard InChI is InChI=1S/C11H18N4O3/c1-5-12-10(16)7(2)13-11-14-8(17-3)6-9(15-11)18-4/h6-7H,5H2,1-4H3,(H,12,16)(H,13,14,15). The maximum atomic E-state index is 11.6. The van der Waals surface area contributed by atoms with E-state index in [1.165, 1.54) is 14.2 Å². The number of amides is 1. The van der Waals surface area contributed by atoms with Gasteiger partial charge in [-0.3, -0.25) is 4.79 Å². The van der Waals surface area contributed by atoms with Crippen LogP contribution in [0.3, 0.4) is 0 Å². The highest BCUT2D eigenvalue weighted by Gasteiger charge is 2.14. The lowest BCUT2D eigenvalue weighted by atomic mass is 10.3.